The Kier molecular flexibility index (Phi) is 3.88. The monoisotopic (exact) mass is 231 g/mol. The minimum Gasteiger partial charge on any atom is -0.309 e. The molecule has 0 spiro atoms. The van der Waals surface area contributed by atoms with Crippen molar-refractivity contribution in [2.45, 2.75) is 46.1 Å². The molecule has 2 unspecified atom stereocenters. The van der Waals surface area contributed by atoms with Gasteiger partial charge in [-0.05, 0) is 35.3 Å². The van der Waals surface area contributed by atoms with Gasteiger partial charge in [-0.2, -0.15) is 0 Å². The molecule has 1 aromatic rings. The summed E-state index contributed by atoms with van der Waals surface area (Å²) in [5.41, 5.74) is 3.11. The van der Waals surface area contributed by atoms with Crippen LogP contribution in [0, 0.1) is 11.8 Å². The van der Waals surface area contributed by atoms with Crippen LogP contribution in [0.15, 0.2) is 24.3 Å². The van der Waals surface area contributed by atoms with Crippen LogP contribution in [0.1, 0.15) is 57.2 Å². The molecule has 0 bridgehead atoms. The van der Waals surface area contributed by atoms with Gasteiger partial charge in [-0.25, -0.2) is 0 Å². The Morgan fingerprint density at radius 2 is 1.76 bits per heavy atom. The molecule has 2 atom stereocenters. The zero-order valence-corrected chi connectivity index (χ0v) is 11.5. The number of benzene rings is 1. The van der Waals surface area contributed by atoms with E-state index >= 15 is 0 Å². The van der Waals surface area contributed by atoms with E-state index in [0.717, 1.165) is 12.5 Å². The van der Waals surface area contributed by atoms with Gasteiger partial charge in [0.05, 0.1) is 0 Å². The molecule has 0 radical (unpaired) electrons. The van der Waals surface area contributed by atoms with Gasteiger partial charge in [0.25, 0.3) is 0 Å². The molecule has 0 saturated heterocycles. The predicted octanol–water partition coefficient (Wildman–Crippen LogP) is 4.12. The molecular formula is C16H25N. The highest BCUT2D eigenvalue weighted by Gasteiger charge is 2.28. The molecule has 0 fully saturated rings. The lowest BCUT2D eigenvalue weighted by Gasteiger charge is -2.35. The van der Waals surface area contributed by atoms with Crippen LogP contribution in [0.2, 0.25) is 0 Å². The van der Waals surface area contributed by atoms with Gasteiger partial charge < -0.3 is 5.32 Å². The van der Waals surface area contributed by atoms with Crippen LogP contribution in [0.4, 0.5) is 0 Å². The third-order valence-electron chi connectivity index (χ3n) is 3.87. The Hall–Kier alpha value is -0.820. The summed E-state index contributed by atoms with van der Waals surface area (Å²) in [6.07, 6.45) is 1.24. The van der Waals surface area contributed by atoms with Crippen molar-refractivity contribution in [2.24, 2.45) is 11.8 Å². The Morgan fingerprint density at radius 1 is 1.12 bits per heavy atom. The van der Waals surface area contributed by atoms with Crippen molar-refractivity contribution in [1.82, 2.24) is 5.32 Å². The summed E-state index contributed by atoms with van der Waals surface area (Å²) in [5.74, 6) is 2.13. The smallest absolute Gasteiger partial charge is 0.0325 e. The lowest BCUT2D eigenvalue weighted by molar-refractivity contribution is 0.354. The van der Waals surface area contributed by atoms with Gasteiger partial charge in [0.15, 0.2) is 0 Å². The van der Waals surface area contributed by atoms with E-state index in [9.17, 15) is 0 Å². The van der Waals surface area contributed by atoms with Crippen LogP contribution in [0.25, 0.3) is 0 Å². The van der Waals surface area contributed by atoms with E-state index in [1.54, 1.807) is 5.56 Å². The van der Waals surface area contributed by atoms with Crippen molar-refractivity contribution in [3.05, 3.63) is 35.4 Å². The summed E-state index contributed by atoms with van der Waals surface area (Å²) in [4.78, 5) is 0. The van der Waals surface area contributed by atoms with E-state index < -0.39 is 0 Å². The molecule has 1 nitrogen and oxygen atoms in total. The SMILES string of the molecule is CC(C)CC1NCC(C(C)C)c2ccccc21. The first-order chi connectivity index (χ1) is 8.09. The third-order valence-corrected chi connectivity index (χ3v) is 3.87. The molecule has 0 saturated carbocycles. The van der Waals surface area contributed by atoms with Crippen LogP contribution < -0.4 is 5.32 Å². The van der Waals surface area contributed by atoms with E-state index in [1.165, 1.54) is 12.0 Å². The second-order valence-corrected chi connectivity index (χ2v) is 6.07. The normalized spacial score (nSPS) is 24.1. The summed E-state index contributed by atoms with van der Waals surface area (Å²) < 4.78 is 0. The van der Waals surface area contributed by atoms with Crippen LogP contribution in [0.5, 0.6) is 0 Å². The first-order valence-corrected chi connectivity index (χ1v) is 6.91. The van der Waals surface area contributed by atoms with E-state index in [4.69, 9.17) is 0 Å². The summed E-state index contributed by atoms with van der Waals surface area (Å²) in [5, 5.41) is 3.74. The minimum atomic E-state index is 0.557. The summed E-state index contributed by atoms with van der Waals surface area (Å²) >= 11 is 0. The van der Waals surface area contributed by atoms with Crippen LogP contribution >= 0.6 is 0 Å². The molecule has 1 heteroatoms. The molecule has 17 heavy (non-hydrogen) atoms. The lowest BCUT2D eigenvalue weighted by Crippen LogP contribution is -2.35. The van der Waals surface area contributed by atoms with Gasteiger partial charge in [0.1, 0.15) is 0 Å². The molecule has 94 valence electrons. The van der Waals surface area contributed by atoms with Crippen LogP contribution in [0.3, 0.4) is 0 Å². The van der Waals surface area contributed by atoms with Gasteiger partial charge >= 0.3 is 0 Å². The lowest BCUT2D eigenvalue weighted by atomic mass is 9.79. The number of rotatable bonds is 3. The second-order valence-electron chi connectivity index (χ2n) is 6.07. The van der Waals surface area contributed by atoms with Crippen molar-refractivity contribution in [2.75, 3.05) is 6.54 Å². The number of fused-ring (bicyclic) bond motifs is 1. The van der Waals surface area contributed by atoms with Gasteiger partial charge in [-0.1, -0.05) is 52.0 Å². The minimum absolute atomic E-state index is 0.557. The average Bonchev–Trinajstić information content (AvgIpc) is 2.28. The second kappa shape index (κ2) is 5.22. The van der Waals surface area contributed by atoms with Crippen LogP contribution in [-0.4, -0.2) is 6.54 Å². The Bertz CT molecular complexity index is 368. The van der Waals surface area contributed by atoms with Crippen molar-refractivity contribution in [3.63, 3.8) is 0 Å². The zero-order valence-electron chi connectivity index (χ0n) is 11.5. The van der Waals surface area contributed by atoms with E-state index in [1.807, 2.05) is 0 Å². The highest BCUT2D eigenvalue weighted by molar-refractivity contribution is 5.36. The standard InChI is InChI=1S/C16H25N/c1-11(2)9-16-14-8-6-5-7-13(14)15(10-17-16)12(3)4/h5-8,11-12,15-17H,9-10H2,1-4H3. The molecule has 1 heterocycles. The molecule has 0 aromatic heterocycles. The maximum Gasteiger partial charge on any atom is 0.0325 e. The summed E-state index contributed by atoms with van der Waals surface area (Å²) in [7, 11) is 0. The zero-order chi connectivity index (χ0) is 12.4. The first-order valence-electron chi connectivity index (χ1n) is 6.91. The molecule has 2 rings (SSSR count). The molecular weight excluding hydrogens is 206 g/mol. The van der Waals surface area contributed by atoms with Crippen LogP contribution in [-0.2, 0) is 0 Å². The van der Waals surface area contributed by atoms with Gasteiger partial charge in [-0.15, -0.1) is 0 Å². The number of hydrogen-bond acceptors (Lipinski definition) is 1. The highest BCUT2D eigenvalue weighted by atomic mass is 14.9. The highest BCUT2D eigenvalue weighted by Crippen LogP contribution is 2.36. The fraction of sp³-hybridized carbons (Fsp3) is 0.625. The number of nitrogens with one attached hydrogen (secondary N) is 1. The fourth-order valence-electron chi connectivity index (χ4n) is 2.93. The predicted molar refractivity (Wildman–Crippen MR) is 74.2 cm³/mol. The van der Waals surface area contributed by atoms with E-state index in [2.05, 4.69) is 57.3 Å². The molecule has 1 aromatic carbocycles. The summed E-state index contributed by atoms with van der Waals surface area (Å²) in [6.45, 7) is 10.4. The number of hydrogen-bond donors (Lipinski definition) is 1. The fourth-order valence-corrected chi connectivity index (χ4v) is 2.93. The maximum atomic E-state index is 3.74. The van der Waals surface area contributed by atoms with Gasteiger partial charge in [0.2, 0.25) is 0 Å². The quantitative estimate of drug-likeness (QED) is 0.825. The third kappa shape index (κ3) is 2.71. The summed E-state index contributed by atoms with van der Waals surface area (Å²) in [6, 6.07) is 9.56. The molecule has 0 aliphatic carbocycles. The van der Waals surface area contributed by atoms with E-state index in [0.29, 0.717) is 17.9 Å². The molecule has 1 aliphatic heterocycles. The average molecular weight is 231 g/mol. The maximum absolute atomic E-state index is 3.74. The largest absolute Gasteiger partial charge is 0.309 e. The molecule has 1 aliphatic rings. The van der Waals surface area contributed by atoms with Crippen molar-refractivity contribution in [1.29, 1.82) is 0 Å². The first kappa shape index (κ1) is 12.6. The van der Waals surface area contributed by atoms with E-state index in [-0.39, 0.29) is 0 Å². The van der Waals surface area contributed by atoms with Crippen molar-refractivity contribution >= 4 is 0 Å². The Labute approximate surface area is 106 Å². The topological polar surface area (TPSA) is 12.0 Å². The van der Waals surface area contributed by atoms with Gasteiger partial charge in [0, 0.05) is 12.6 Å². The Balaban J connectivity index is 2.30. The molecule has 0 amide bonds. The van der Waals surface area contributed by atoms with Crippen molar-refractivity contribution in [3.8, 4) is 0 Å². The van der Waals surface area contributed by atoms with Gasteiger partial charge in [-0.3, -0.25) is 0 Å². The molecule has 1 N–H and O–H groups in total. The van der Waals surface area contributed by atoms with Crippen molar-refractivity contribution < 1.29 is 0 Å². The Morgan fingerprint density at radius 3 is 2.35 bits per heavy atom.